The minimum atomic E-state index is -0.201. The van der Waals surface area contributed by atoms with Gasteiger partial charge < -0.3 is 15.5 Å². The first-order valence-corrected chi connectivity index (χ1v) is 5.91. The van der Waals surface area contributed by atoms with Crippen LogP contribution < -0.4 is 10.6 Å². The summed E-state index contributed by atoms with van der Waals surface area (Å²) in [6.45, 7) is 3.99. The van der Waals surface area contributed by atoms with Crippen molar-refractivity contribution in [3.05, 3.63) is 11.5 Å². The topological polar surface area (TPSA) is 39.7 Å². The van der Waals surface area contributed by atoms with Gasteiger partial charge in [-0.1, -0.05) is 31.4 Å². The molecule has 2 rings (SSSR count). The molecule has 1 atom stereocenters. The van der Waals surface area contributed by atoms with E-state index in [0.29, 0.717) is 0 Å². The molecule has 0 saturated heterocycles. The van der Waals surface area contributed by atoms with E-state index >= 15 is 0 Å². The molecule has 2 heterocycles. The van der Waals surface area contributed by atoms with E-state index in [1.54, 1.807) is 0 Å². The number of hydrogen-bond donors (Lipinski definition) is 2. The molecule has 0 aromatic heterocycles. The number of alkyl halides is 1. The standard InChI is InChI=1S/C10H17ClN4/c1-2-3-4-5-15-7-12-6-8-9(15)14-10(11)13-8/h6,10,13-14H,2-5,7H2,1H3. The molecular weight excluding hydrogens is 212 g/mol. The van der Waals surface area contributed by atoms with E-state index in [1.165, 1.54) is 19.3 Å². The zero-order valence-corrected chi connectivity index (χ0v) is 9.72. The van der Waals surface area contributed by atoms with Crippen molar-refractivity contribution in [1.82, 2.24) is 15.5 Å². The van der Waals surface area contributed by atoms with Crippen LogP contribution in [0.5, 0.6) is 0 Å². The monoisotopic (exact) mass is 228 g/mol. The Hall–Kier alpha value is -0.900. The molecular formula is C10H17ClN4. The second-order valence-electron chi connectivity index (χ2n) is 3.84. The van der Waals surface area contributed by atoms with Crippen molar-refractivity contribution >= 4 is 17.8 Å². The first kappa shape index (κ1) is 10.6. The van der Waals surface area contributed by atoms with Crippen molar-refractivity contribution in [2.45, 2.75) is 31.8 Å². The van der Waals surface area contributed by atoms with E-state index in [0.717, 1.165) is 24.7 Å². The lowest BCUT2D eigenvalue weighted by Crippen LogP contribution is -2.34. The lowest BCUT2D eigenvalue weighted by Gasteiger charge is -2.26. The molecule has 15 heavy (non-hydrogen) atoms. The van der Waals surface area contributed by atoms with Crippen molar-refractivity contribution in [3.63, 3.8) is 0 Å². The maximum atomic E-state index is 5.96. The molecule has 0 aromatic rings. The highest BCUT2D eigenvalue weighted by Gasteiger charge is 2.25. The van der Waals surface area contributed by atoms with Crippen LogP contribution in [0.4, 0.5) is 0 Å². The van der Waals surface area contributed by atoms with E-state index < -0.39 is 0 Å². The Kier molecular flexibility index (Phi) is 3.36. The van der Waals surface area contributed by atoms with Gasteiger partial charge >= 0.3 is 0 Å². The Labute approximate surface area is 95.4 Å². The van der Waals surface area contributed by atoms with Gasteiger partial charge in [-0.25, -0.2) is 0 Å². The maximum Gasteiger partial charge on any atom is 0.176 e. The second-order valence-corrected chi connectivity index (χ2v) is 4.27. The largest absolute Gasteiger partial charge is 0.349 e. The highest BCUT2D eigenvalue weighted by Crippen LogP contribution is 2.17. The summed E-state index contributed by atoms with van der Waals surface area (Å²) >= 11 is 5.96. The van der Waals surface area contributed by atoms with Crippen LogP contribution in [0.15, 0.2) is 16.5 Å². The van der Waals surface area contributed by atoms with Crippen LogP contribution in [-0.4, -0.2) is 30.0 Å². The Morgan fingerprint density at radius 3 is 3.20 bits per heavy atom. The summed E-state index contributed by atoms with van der Waals surface area (Å²) in [7, 11) is 0. The molecule has 0 aromatic carbocycles. The van der Waals surface area contributed by atoms with E-state index in [1.807, 2.05) is 6.21 Å². The average Bonchev–Trinajstić information content (AvgIpc) is 2.59. The molecule has 0 spiro atoms. The molecule has 2 aliphatic heterocycles. The first-order valence-electron chi connectivity index (χ1n) is 5.47. The van der Waals surface area contributed by atoms with Crippen LogP contribution in [0.2, 0.25) is 0 Å². The van der Waals surface area contributed by atoms with Crippen molar-refractivity contribution in [2.75, 3.05) is 13.2 Å². The second kappa shape index (κ2) is 4.75. The van der Waals surface area contributed by atoms with Gasteiger partial charge in [-0.2, -0.15) is 0 Å². The van der Waals surface area contributed by atoms with Crippen LogP contribution in [0.3, 0.4) is 0 Å². The lowest BCUT2D eigenvalue weighted by molar-refractivity contribution is 0.322. The van der Waals surface area contributed by atoms with Crippen molar-refractivity contribution in [1.29, 1.82) is 0 Å². The quantitative estimate of drug-likeness (QED) is 0.434. The van der Waals surface area contributed by atoms with Gasteiger partial charge in [0.2, 0.25) is 0 Å². The Morgan fingerprint density at radius 1 is 1.53 bits per heavy atom. The summed E-state index contributed by atoms with van der Waals surface area (Å²) in [5.41, 5.74) is 0.811. The molecule has 84 valence electrons. The summed E-state index contributed by atoms with van der Waals surface area (Å²) in [6, 6.07) is 0. The summed E-state index contributed by atoms with van der Waals surface area (Å²) in [5, 5.41) is 6.32. The number of aliphatic imine (C=N–C) groups is 1. The van der Waals surface area contributed by atoms with Gasteiger partial charge in [0, 0.05) is 6.54 Å². The van der Waals surface area contributed by atoms with Crippen LogP contribution >= 0.6 is 11.6 Å². The molecule has 0 aliphatic carbocycles. The number of rotatable bonds is 4. The summed E-state index contributed by atoms with van der Waals surface area (Å²) in [5.74, 6) is 1.10. The van der Waals surface area contributed by atoms with Crippen molar-refractivity contribution in [2.24, 2.45) is 4.99 Å². The van der Waals surface area contributed by atoms with Gasteiger partial charge in [0.25, 0.3) is 0 Å². The van der Waals surface area contributed by atoms with Crippen molar-refractivity contribution in [3.8, 4) is 0 Å². The molecule has 2 aliphatic rings. The van der Waals surface area contributed by atoms with E-state index in [4.69, 9.17) is 11.6 Å². The van der Waals surface area contributed by atoms with Gasteiger partial charge in [0.05, 0.1) is 11.9 Å². The zero-order valence-electron chi connectivity index (χ0n) is 8.96. The normalized spacial score (nSPS) is 23.9. The summed E-state index contributed by atoms with van der Waals surface area (Å²) in [4.78, 5) is 6.53. The van der Waals surface area contributed by atoms with Gasteiger partial charge in [-0.05, 0) is 6.42 Å². The third kappa shape index (κ3) is 2.37. The van der Waals surface area contributed by atoms with E-state index in [2.05, 4.69) is 27.4 Å². The molecule has 0 fully saturated rings. The molecule has 0 saturated carbocycles. The van der Waals surface area contributed by atoms with Crippen LogP contribution in [0, 0.1) is 0 Å². The number of nitrogens with one attached hydrogen (secondary N) is 2. The fourth-order valence-electron chi connectivity index (χ4n) is 1.84. The molecule has 1 unspecified atom stereocenters. The van der Waals surface area contributed by atoms with Gasteiger partial charge in [0.15, 0.2) is 5.62 Å². The van der Waals surface area contributed by atoms with Crippen molar-refractivity contribution < 1.29 is 0 Å². The summed E-state index contributed by atoms with van der Waals surface area (Å²) in [6.07, 6.45) is 5.56. The third-order valence-corrected chi connectivity index (χ3v) is 2.84. The molecule has 0 bridgehead atoms. The van der Waals surface area contributed by atoms with Gasteiger partial charge in [-0.3, -0.25) is 4.99 Å². The van der Waals surface area contributed by atoms with E-state index in [-0.39, 0.29) is 5.62 Å². The number of nitrogens with zero attached hydrogens (tertiary/aromatic N) is 2. The first-order chi connectivity index (χ1) is 7.31. The third-order valence-electron chi connectivity index (χ3n) is 2.62. The van der Waals surface area contributed by atoms with Crippen LogP contribution in [-0.2, 0) is 0 Å². The number of unbranched alkanes of at least 4 members (excludes halogenated alkanes) is 2. The number of allylic oxidation sites excluding steroid dienone is 1. The molecule has 5 heteroatoms. The van der Waals surface area contributed by atoms with E-state index in [9.17, 15) is 0 Å². The Morgan fingerprint density at radius 2 is 2.40 bits per heavy atom. The number of halogens is 1. The molecule has 4 nitrogen and oxygen atoms in total. The Balaban J connectivity index is 1.93. The van der Waals surface area contributed by atoms with Crippen LogP contribution in [0.1, 0.15) is 26.2 Å². The fourth-order valence-corrected chi connectivity index (χ4v) is 2.06. The smallest absolute Gasteiger partial charge is 0.176 e. The maximum absolute atomic E-state index is 5.96. The fraction of sp³-hybridized carbons (Fsp3) is 0.700. The lowest BCUT2D eigenvalue weighted by atomic mass is 10.2. The number of hydrogen-bond acceptors (Lipinski definition) is 4. The van der Waals surface area contributed by atoms with Gasteiger partial charge in [0.1, 0.15) is 12.5 Å². The Bertz CT molecular complexity index is 287. The SMILES string of the molecule is CCCCCN1CN=CC2=C1NC(Cl)N2. The minimum absolute atomic E-state index is 0.201. The average molecular weight is 229 g/mol. The molecule has 2 N–H and O–H groups in total. The molecule has 0 amide bonds. The highest BCUT2D eigenvalue weighted by molar-refractivity contribution is 6.20. The predicted molar refractivity (Wildman–Crippen MR) is 62.5 cm³/mol. The molecule has 0 radical (unpaired) electrons. The highest BCUT2D eigenvalue weighted by atomic mass is 35.5. The predicted octanol–water partition coefficient (Wildman–Crippen LogP) is 1.40. The zero-order chi connectivity index (χ0) is 10.7. The van der Waals surface area contributed by atoms with Gasteiger partial charge in [-0.15, -0.1) is 0 Å². The summed E-state index contributed by atoms with van der Waals surface area (Å²) < 4.78 is 0. The minimum Gasteiger partial charge on any atom is -0.349 e. The van der Waals surface area contributed by atoms with Crippen LogP contribution in [0.25, 0.3) is 0 Å².